The Kier molecular flexibility index (Phi) is 4.34. The van der Waals surface area contributed by atoms with Crippen LogP contribution in [0.3, 0.4) is 0 Å². The van der Waals surface area contributed by atoms with Crippen LogP contribution in [0.25, 0.3) is 5.57 Å². The van der Waals surface area contributed by atoms with Crippen LogP contribution in [0.4, 0.5) is 0 Å². The number of amides is 1. The molecule has 1 heterocycles. The van der Waals surface area contributed by atoms with Gasteiger partial charge in [-0.2, -0.15) is 0 Å². The largest absolute Gasteiger partial charge is 0.444 e. The van der Waals surface area contributed by atoms with Crippen LogP contribution in [0.2, 0.25) is 0 Å². The summed E-state index contributed by atoms with van der Waals surface area (Å²) in [6.45, 7) is 2.66. The first-order valence-electron chi connectivity index (χ1n) is 6.47. The third-order valence-corrected chi connectivity index (χ3v) is 2.96. The minimum absolute atomic E-state index is 0.255. The molecule has 0 spiro atoms. The molecular formula is C15H17NO3. The van der Waals surface area contributed by atoms with Gasteiger partial charge < -0.3 is 10.1 Å². The molecule has 1 aromatic carbocycles. The summed E-state index contributed by atoms with van der Waals surface area (Å²) in [5.74, 6) is -0.719. The second-order valence-corrected chi connectivity index (χ2v) is 4.43. The van der Waals surface area contributed by atoms with E-state index in [1.54, 1.807) is 0 Å². The number of nitrogens with one attached hydrogen (secondary N) is 1. The lowest BCUT2D eigenvalue weighted by Gasteiger charge is -2.14. The van der Waals surface area contributed by atoms with Gasteiger partial charge in [-0.25, -0.2) is 4.79 Å². The van der Waals surface area contributed by atoms with E-state index in [2.05, 4.69) is 12.2 Å². The molecule has 19 heavy (non-hydrogen) atoms. The van der Waals surface area contributed by atoms with Gasteiger partial charge in [0.1, 0.15) is 0 Å². The van der Waals surface area contributed by atoms with E-state index in [1.807, 2.05) is 30.3 Å². The van der Waals surface area contributed by atoms with Crippen LogP contribution >= 0.6 is 0 Å². The van der Waals surface area contributed by atoms with Crippen LogP contribution < -0.4 is 5.32 Å². The van der Waals surface area contributed by atoms with E-state index < -0.39 is 12.1 Å². The van der Waals surface area contributed by atoms with Crippen molar-refractivity contribution < 1.29 is 14.3 Å². The van der Waals surface area contributed by atoms with Crippen molar-refractivity contribution in [1.29, 1.82) is 0 Å². The summed E-state index contributed by atoms with van der Waals surface area (Å²) >= 11 is 0. The first kappa shape index (κ1) is 13.3. The average molecular weight is 259 g/mol. The molecule has 4 heteroatoms. The monoisotopic (exact) mass is 259 g/mol. The third-order valence-electron chi connectivity index (χ3n) is 2.96. The van der Waals surface area contributed by atoms with Crippen LogP contribution in [-0.4, -0.2) is 24.5 Å². The summed E-state index contributed by atoms with van der Waals surface area (Å²) in [4.78, 5) is 23.4. The average Bonchev–Trinajstić information content (AvgIpc) is 2.82. The molecule has 1 amide bonds. The predicted octanol–water partition coefficient (Wildman–Crippen LogP) is 1.91. The van der Waals surface area contributed by atoms with Crippen molar-refractivity contribution in [2.75, 3.05) is 6.54 Å². The number of hydrogen-bond acceptors (Lipinski definition) is 3. The number of unbranched alkanes of at least 4 members (excludes halogenated alkanes) is 1. The topological polar surface area (TPSA) is 55.4 Å². The molecule has 0 fully saturated rings. The normalized spacial score (nSPS) is 17.8. The lowest BCUT2D eigenvalue weighted by atomic mass is 10.0. The summed E-state index contributed by atoms with van der Waals surface area (Å²) in [6.07, 6.45) is 2.48. The molecule has 0 aliphatic carbocycles. The number of carbonyl (C=O) groups is 2. The summed E-state index contributed by atoms with van der Waals surface area (Å²) in [6, 6.07) is 9.34. The molecule has 1 aromatic rings. The number of hydrogen-bond donors (Lipinski definition) is 1. The number of carbonyl (C=O) groups excluding carboxylic acids is 2. The maximum absolute atomic E-state index is 12.0. The van der Waals surface area contributed by atoms with Gasteiger partial charge in [0.05, 0.1) is 0 Å². The number of ether oxygens (including phenoxy) is 1. The van der Waals surface area contributed by atoms with Gasteiger partial charge in [-0.15, -0.1) is 0 Å². The Bertz CT molecular complexity index is 493. The maximum Gasteiger partial charge on any atom is 0.332 e. The van der Waals surface area contributed by atoms with Gasteiger partial charge in [0.15, 0.2) is 0 Å². The molecule has 1 N–H and O–H groups in total. The van der Waals surface area contributed by atoms with E-state index in [0.717, 1.165) is 18.4 Å². The standard InChI is InChI=1S/C15H17NO3/c1-2-3-9-16-15(18)14-12(10-13(17)19-14)11-7-5-4-6-8-11/h4-8,10,14H,2-3,9H2,1H3,(H,16,18). The highest BCUT2D eigenvalue weighted by molar-refractivity contribution is 6.06. The van der Waals surface area contributed by atoms with Gasteiger partial charge >= 0.3 is 5.97 Å². The molecule has 0 bridgehead atoms. The molecule has 4 nitrogen and oxygen atoms in total. The summed E-state index contributed by atoms with van der Waals surface area (Å²) < 4.78 is 5.08. The lowest BCUT2D eigenvalue weighted by Crippen LogP contribution is -2.36. The SMILES string of the molecule is CCCCNC(=O)C1OC(=O)C=C1c1ccccc1. The highest BCUT2D eigenvalue weighted by Crippen LogP contribution is 2.26. The number of esters is 1. The van der Waals surface area contributed by atoms with E-state index in [-0.39, 0.29) is 5.91 Å². The minimum atomic E-state index is -0.827. The highest BCUT2D eigenvalue weighted by Gasteiger charge is 2.33. The summed E-state index contributed by atoms with van der Waals surface area (Å²) in [5, 5.41) is 2.79. The van der Waals surface area contributed by atoms with Crippen molar-refractivity contribution in [2.45, 2.75) is 25.9 Å². The fourth-order valence-corrected chi connectivity index (χ4v) is 1.96. The van der Waals surface area contributed by atoms with Gasteiger partial charge in [-0.3, -0.25) is 4.79 Å². The predicted molar refractivity (Wildman–Crippen MR) is 72.2 cm³/mol. The fraction of sp³-hybridized carbons (Fsp3) is 0.333. The number of rotatable bonds is 5. The molecular weight excluding hydrogens is 242 g/mol. The van der Waals surface area contributed by atoms with Crippen molar-refractivity contribution in [2.24, 2.45) is 0 Å². The van der Waals surface area contributed by atoms with Crippen LogP contribution in [0, 0.1) is 0 Å². The summed E-state index contributed by atoms with van der Waals surface area (Å²) in [5.41, 5.74) is 1.46. The van der Waals surface area contributed by atoms with Gasteiger partial charge in [0.25, 0.3) is 5.91 Å². The van der Waals surface area contributed by atoms with E-state index in [9.17, 15) is 9.59 Å². The van der Waals surface area contributed by atoms with Gasteiger partial charge in [0.2, 0.25) is 6.10 Å². The van der Waals surface area contributed by atoms with Crippen LogP contribution in [0.5, 0.6) is 0 Å². The molecule has 0 radical (unpaired) electrons. The second kappa shape index (κ2) is 6.18. The second-order valence-electron chi connectivity index (χ2n) is 4.43. The van der Waals surface area contributed by atoms with E-state index in [0.29, 0.717) is 12.1 Å². The Morgan fingerprint density at radius 2 is 2.05 bits per heavy atom. The Balaban J connectivity index is 2.10. The molecule has 1 atom stereocenters. The van der Waals surface area contributed by atoms with Crippen LogP contribution in [0.1, 0.15) is 25.3 Å². The van der Waals surface area contributed by atoms with E-state index >= 15 is 0 Å². The van der Waals surface area contributed by atoms with Crippen LogP contribution in [-0.2, 0) is 14.3 Å². The Hall–Kier alpha value is -2.10. The first-order valence-corrected chi connectivity index (χ1v) is 6.47. The molecule has 2 rings (SSSR count). The number of cyclic esters (lactones) is 1. The third kappa shape index (κ3) is 3.22. The molecule has 0 saturated heterocycles. The van der Waals surface area contributed by atoms with Crippen molar-refractivity contribution in [3.63, 3.8) is 0 Å². The zero-order valence-electron chi connectivity index (χ0n) is 10.9. The summed E-state index contributed by atoms with van der Waals surface area (Å²) in [7, 11) is 0. The van der Waals surface area contributed by atoms with Gasteiger partial charge in [-0.05, 0) is 12.0 Å². The highest BCUT2D eigenvalue weighted by atomic mass is 16.6. The lowest BCUT2D eigenvalue weighted by molar-refractivity contribution is -0.145. The van der Waals surface area contributed by atoms with Crippen molar-refractivity contribution in [3.05, 3.63) is 42.0 Å². The molecule has 1 unspecified atom stereocenters. The zero-order valence-corrected chi connectivity index (χ0v) is 10.9. The first-order chi connectivity index (χ1) is 9.22. The zero-order chi connectivity index (χ0) is 13.7. The van der Waals surface area contributed by atoms with Gasteiger partial charge in [-0.1, -0.05) is 43.7 Å². The van der Waals surface area contributed by atoms with Crippen molar-refractivity contribution in [3.8, 4) is 0 Å². The minimum Gasteiger partial charge on any atom is -0.444 e. The Morgan fingerprint density at radius 3 is 2.74 bits per heavy atom. The van der Waals surface area contributed by atoms with Crippen LogP contribution in [0.15, 0.2) is 36.4 Å². The van der Waals surface area contributed by atoms with Crippen molar-refractivity contribution >= 4 is 17.4 Å². The van der Waals surface area contributed by atoms with E-state index in [1.165, 1.54) is 6.08 Å². The van der Waals surface area contributed by atoms with E-state index in [4.69, 9.17) is 4.74 Å². The Labute approximate surface area is 112 Å². The van der Waals surface area contributed by atoms with Gasteiger partial charge in [0, 0.05) is 18.2 Å². The van der Waals surface area contributed by atoms with Crippen molar-refractivity contribution in [1.82, 2.24) is 5.32 Å². The Morgan fingerprint density at radius 1 is 1.32 bits per heavy atom. The molecule has 100 valence electrons. The maximum atomic E-state index is 12.0. The molecule has 0 saturated carbocycles. The smallest absolute Gasteiger partial charge is 0.332 e. The molecule has 1 aliphatic rings. The number of benzene rings is 1. The molecule has 0 aromatic heterocycles. The quantitative estimate of drug-likeness (QED) is 0.649. The molecule has 1 aliphatic heterocycles. The fourth-order valence-electron chi connectivity index (χ4n) is 1.96.